The third kappa shape index (κ3) is 5.52. The highest BCUT2D eigenvalue weighted by Crippen LogP contribution is 2.33. The van der Waals surface area contributed by atoms with Crippen molar-refractivity contribution >= 4 is 5.78 Å². The molecule has 1 saturated carbocycles. The lowest BCUT2D eigenvalue weighted by Crippen LogP contribution is -2.21. The number of carbonyl (C=O) groups is 1. The van der Waals surface area contributed by atoms with Crippen LogP contribution in [0.5, 0.6) is 0 Å². The van der Waals surface area contributed by atoms with Crippen LogP contribution in [-0.2, 0) is 4.79 Å². The summed E-state index contributed by atoms with van der Waals surface area (Å²) in [4.78, 5) is 12.0. The van der Waals surface area contributed by atoms with Crippen LogP contribution in [0.2, 0.25) is 0 Å². The fourth-order valence-electron chi connectivity index (χ4n) is 2.81. The van der Waals surface area contributed by atoms with Crippen molar-refractivity contribution in [1.29, 1.82) is 0 Å². The quantitative estimate of drug-likeness (QED) is 0.574. The summed E-state index contributed by atoms with van der Waals surface area (Å²) in [6, 6.07) is 0. The van der Waals surface area contributed by atoms with E-state index in [1.54, 1.807) is 0 Å². The zero-order chi connectivity index (χ0) is 12.7. The van der Waals surface area contributed by atoms with Crippen molar-refractivity contribution in [3.05, 3.63) is 12.2 Å². The first-order chi connectivity index (χ1) is 8.13. The van der Waals surface area contributed by atoms with Gasteiger partial charge in [0.25, 0.3) is 0 Å². The molecule has 1 rings (SSSR count). The molecule has 0 atom stereocenters. The highest BCUT2D eigenvalue weighted by Gasteiger charge is 2.25. The van der Waals surface area contributed by atoms with E-state index in [2.05, 4.69) is 13.5 Å². The van der Waals surface area contributed by atoms with Gasteiger partial charge in [-0.25, -0.2) is 0 Å². The van der Waals surface area contributed by atoms with Gasteiger partial charge < -0.3 is 0 Å². The summed E-state index contributed by atoms with van der Waals surface area (Å²) in [5, 5.41) is 0. The van der Waals surface area contributed by atoms with E-state index in [0.717, 1.165) is 37.2 Å². The summed E-state index contributed by atoms with van der Waals surface area (Å²) < 4.78 is 0. The van der Waals surface area contributed by atoms with Crippen LogP contribution in [0.4, 0.5) is 0 Å². The van der Waals surface area contributed by atoms with Crippen molar-refractivity contribution in [2.75, 3.05) is 0 Å². The van der Waals surface area contributed by atoms with Gasteiger partial charge in [0.1, 0.15) is 5.78 Å². The summed E-state index contributed by atoms with van der Waals surface area (Å²) in [6.07, 6.45) is 10.5. The molecule has 0 bridgehead atoms. The predicted molar refractivity (Wildman–Crippen MR) is 74.0 cm³/mol. The highest BCUT2D eigenvalue weighted by atomic mass is 16.1. The van der Waals surface area contributed by atoms with E-state index in [4.69, 9.17) is 0 Å². The topological polar surface area (TPSA) is 17.1 Å². The SMILES string of the molecule is C=C(C)CCC(=O)C1CCC(CCCC)CC1. The van der Waals surface area contributed by atoms with Gasteiger partial charge in [-0.15, -0.1) is 6.58 Å². The fraction of sp³-hybridized carbons (Fsp3) is 0.812. The Morgan fingerprint density at radius 3 is 2.35 bits per heavy atom. The zero-order valence-electron chi connectivity index (χ0n) is 11.6. The van der Waals surface area contributed by atoms with Crippen LogP contribution < -0.4 is 0 Å². The Hall–Kier alpha value is -0.590. The van der Waals surface area contributed by atoms with Crippen molar-refractivity contribution in [3.8, 4) is 0 Å². The fourth-order valence-corrected chi connectivity index (χ4v) is 2.81. The average molecular weight is 236 g/mol. The second kappa shape index (κ2) is 7.68. The van der Waals surface area contributed by atoms with Crippen molar-refractivity contribution < 1.29 is 4.79 Å². The Kier molecular flexibility index (Phi) is 6.54. The molecule has 0 aromatic carbocycles. The molecule has 0 saturated heterocycles. The third-order valence-corrected chi connectivity index (χ3v) is 4.07. The van der Waals surface area contributed by atoms with Crippen LogP contribution in [0.3, 0.4) is 0 Å². The number of rotatable bonds is 7. The van der Waals surface area contributed by atoms with Crippen LogP contribution in [0, 0.1) is 11.8 Å². The second-order valence-electron chi connectivity index (χ2n) is 5.78. The van der Waals surface area contributed by atoms with Gasteiger partial charge in [-0.2, -0.15) is 0 Å². The van der Waals surface area contributed by atoms with Crippen molar-refractivity contribution in [2.45, 2.75) is 71.6 Å². The van der Waals surface area contributed by atoms with Gasteiger partial charge in [-0.05, 0) is 44.9 Å². The summed E-state index contributed by atoms with van der Waals surface area (Å²) >= 11 is 0. The first kappa shape index (κ1) is 14.5. The summed E-state index contributed by atoms with van der Waals surface area (Å²) in [7, 11) is 0. The molecule has 98 valence electrons. The van der Waals surface area contributed by atoms with E-state index in [-0.39, 0.29) is 0 Å². The van der Waals surface area contributed by atoms with Gasteiger partial charge in [0.05, 0.1) is 0 Å². The molecule has 0 spiro atoms. The molecule has 0 aromatic rings. The minimum Gasteiger partial charge on any atom is -0.299 e. The maximum atomic E-state index is 12.0. The number of carbonyl (C=O) groups excluding carboxylic acids is 1. The Labute approximate surface area is 107 Å². The Bertz CT molecular complexity index is 246. The molecule has 0 radical (unpaired) electrons. The molecule has 0 heterocycles. The van der Waals surface area contributed by atoms with Gasteiger partial charge in [-0.3, -0.25) is 4.79 Å². The van der Waals surface area contributed by atoms with Crippen molar-refractivity contribution in [3.63, 3.8) is 0 Å². The molecule has 0 N–H and O–H groups in total. The molecule has 1 heteroatoms. The van der Waals surface area contributed by atoms with E-state index in [1.165, 1.54) is 32.1 Å². The molecule has 1 nitrogen and oxygen atoms in total. The maximum absolute atomic E-state index is 12.0. The predicted octanol–water partition coefficient (Wildman–Crippen LogP) is 4.91. The second-order valence-corrected chi connectivity index (χ2v) is 5.78. The van der Waals surface area contributed by atoms with Gasteiger partial charge in [0.15, 0.2) is 0 Å². The maximum Gasteiger partial charge on any atom is 0.136 e. The number of hydrogen-bond acceptors (Lipinski definition) is 1. The monoisotopic (exact) mass is 236 g/mol. The third-order valence-electron chi connectivity index (χ3n) is 4.07. The minimum absolute atomic E-state index is 0.368. The summed E-state index contributed by atoms with van der Waals surface area (Å²) in [5.41, 5.74) is 1.13. The largest absolute Gasteiger partial charge is 0.299 e. The van der Waals surface area contributed by atoms with Crippen molar-refractivity contribution in [1.82, 2.24) is 0 Å². The number of Topliss-reactive ketones (excluding diaryl/α,β-unsaturated/α-hetero) is 1. The Morgan fingerprint density at radius 1 is 1.18 bits per heavy atom. The number of allylic oxidation sites excluding steroid dienone is 1. The van der Waals surface area contributed by atoms with Crippen molar-refractivity contribution in [2.24, 2.45) is 11.8 Å². The molecule has 17 heavy (non-hydrogen) atoms. The zero-order valence-corrected chi connectivity index (χ0v) is 11.6. The lowest BCUT2D eigenvalue weighted by Gasteiger charge is -2.27. The first-order valence-electron chi connectivity index (χ1n) is 7.30. The van der Waals surface area contributed by atoms with Gasteiger partial charge in [0, 0.05) is 12.3 Å². The number of ketones is 1. The first-order valence-corrected chi connectivity index (χ1v) is 7.30. The summed E-state index contributed by atoms with van der Waals surface area (Å²) in [6.45, 7) is 8.13. The average Bonchev–Trinajstić information content (AvgIpc) is 2.34. The minimum atomic E-state index is 0.368. The Morgan fingerprint density at radius 2 is 1.82 bits per heavy atom. The van der Waals surface area contributed by atoms with E-state index in [1.807, 2.05) is 6.92 Å². The van der Waals surface area contributed by atoms with E-state index in [0.29, 0.717) is 11.7 Å². The molecule has 1 fully saturated rings. The molecule has 0 aliphatic heterocycles. The van der Waals surface area contributed by atoms with Crippen LogP contribution >= 0.6 is 0 Å². The van der Waals surface area contributed by atoms with Gasteiger partial charge in [0.2, 0.25) is 0 Å². The molecule has 1 aliphatic carbocycles. The van der Waals surface area contributed by atoms with Crippen LogP contribution in [-0.4, -0.2) is 5.78 Å². The molecular formula is C16H28O. The van der Waals surface area contributed by atoms with Crippen LogP contribution in [0.25, 0.3) is 0 Å². The van der Waals surface area contributed by atoms with Gasteiger partial charge >= 0.3 is 0 Å². The van der Waals surface area contributed by atoms with Gasteiger partial charge in [-0.1, -0.05) is 31.8 Å². The molecule has 0 amide bonds. The lowest BCUT2D eigenvalue weighted by atomic mass is 9.77. The molecule has 1 aliphatic rings. The van der Waals surface area contributed by atoms with E-state index >= 15 is 0 Å². The molecular weight excluding hydrogens is 208 g/mol. The van der Waals surface area contributed by atoms with E-state index < -0.39 is 0 Å². The van der Waals surface area contributed by atoms with Crippen LogP contribution in [0.1, 0.15) is 71.6 Å². The molecule has 0 aromatic heterocycles. The normalized spacial score (nSPS) is 24.6. The highest BCUT2D eigenvalue weighted by molar-refractivity contribution is 5.81. The number of unbranched alkanes of at least 4 members (excludes halogenated alkanes) is 1. The smallest absolute Gasteiger partial charge is 0.136 e. The molecule has 0 unspecified atom stereocenters. The lowest BCUT2D eigenvalue weighted by molar-refractivity contribution is -0.124. The summed E-state index contributed by atoms with van der Waals surface area (Å²) in [5.74, 6) is 1.76. The number of hydrogen-bond donors (Lipinski definition) is 0. The van der Waals surface area contributed by atoms with Crippen LogP contribution in [0.15, 0.2) is 12.2 Å². The van der Waals surface area contributed by atoms with E-state index in [9.17, 15) is 4.79 Å². The Balaban J connectivity index is 2.21. The standard InChI is InChI=1S/C16H28O/c1-4-5-6-14-8-10-15(11-9-14)16(17)12-7-13(2)3/h14-15H,2,4-12H2,1,3H3.